The number of hydrazone groups is 1. The van der Waals surface area contributed by atoms with E-state index in [0.29, 0.717) is 0 Å². The zero-order valence-electron chi connectivity index (χ0n) is 11.9. The van der Waals surface area contributed by atoms with Gasteiger partial charge in [0.2, 0.25) is 0 Å². The van der Waals surface area contributed by atoms with Crippen LogP contribution in [0.4, 0.5) is 0 Å². The van der Waals surface area contributed by atoms with Crippen LogP contribution in [0.5, 0.6) is 0 Å². The molecule has 1 aliphatic carbocycles. The second-order valence-electron chi connectivity index (χ2n) is 5.72. The van der Waals surface area contributed by atoms with Crippen molar-refractivity contribution in [2.75, 3.05) is 13.1 Å². The summed E-state index contributed by atoms with van der Waals surface area (Å²) < 4.78 is 0. The Morgan fingerprint density at radius 2 is 1.90 bits per heavy atom. The number of pyridine rings is 1. The third-order valence-corrected chi connectivity index (χ3v) is 4.60. The van der Waals surface area contributed by atoms with Crippen LogP contribution in [0.25, 0.3) is 0 Å². The molecule has 1 aromatic heterocycles. The van der Waals surface area contributed by atoms with Crippen LogP contribution in [0.1, 0.15) is 31.4 Å². The van der Waals surface area contributed by atoms with Gasteiger partial charge in [0, 0.05) is 19.3 Å². The van der Waals surface area contributed by atoms with E-state index in [9.17, 15) is 0 Å². The summed E-state index contributed by atoms with van der Waals surface area (Å²) >= 11 is 5.46. The fourth-order valence-corrected chi connectivity index (χ4v) is 3.34. The van der Waals surface area contributed by atoms with Gasteiger partial charge in [-0.15, -0.1) is 0 Å². The molecule has 1 saturated carbocycles. The van der Waals surface area contributed by atoms with Crippen LogP contribution in [0, 0.1) is 11.8 Å². The SMILES string of the molecule is S=C(NN=Cc1ccccn1)N1CC2CCC(CC2)C1.[Ni+2]. The molecule has 2 aliphatic heterocycles. The Hall–Kier alpha value is -0.996. The number of fused-ring (bicyclic) bond motifs is 4. The fourth-order valence-electron chi connectivity index (χ4n) is 3.14. The summed E-state index contributed by atoms with van der Waals surface area (Å²) in [5.74, 6) is 1.63. The Bertz CT molecular complexity index is 472. The molecule has 3 fully saturated rings. The molecule has 1 aromatic rings. The summed E-state index contributed by atoms with van der Waals surface area (Å²) in [4.78, 5) is 6.48. The van der Waals surface area contributed by atoms with Gasteiger partial charge in [0.25, 0.3) is 0 Å². The van der Waals surface area contributed by atoms with Crippen molar-refractivity contribution in [2.24, 2.45) is 16.9 Å². The normalized spacial score (nSPS) is 24.5. The van der Waals surface area contributed by atoms with Gasteiger partial charge in [0.15, 0.2) is 5.11 Å². The number of nitrogens with one attached hydrogen (secondary N) is 1. The average Bonchev–Trinajstić information content (AvgIpc) is 2.82. The molecule has 114 valence electrons. The molecular formula is C15H20N4NiS+2. The standard InChI is InChI=1S/C15H20N4S.Ni/c20-15(18-17-9-14-3-1-2-8-16-14)19-10-12-4-5-13(11-19)7-6-12;/h1-3,8-9,12-13H,4-7,10-11H2,(H,18,20);/q;+2. The van der Waals surface area contributed by atoms with Crippen molar-refractivity contribution in [3.8, 4) is 0 Å². The first-order chi connectivity index (χ1) is 9.81. The van der Waals surface area contributed by atoms with Crippen molar-refractivity contribution in [1.29, 1.82) is 0 Å². The topological polar surface area (TPSA) is 40.5 Å². The van der Waals surface area contributed by atoms with Crippen LogP contribution >= 0.6 is 12.2 Å². The first-order valence-electron chi connectivity index (χ1n) is 7.30. The van der Waals surface area contributed by atoms with Gasteiger partial charge < -0.3 is 4.90 Å². The van der Waals surface area contributed by atoms with E-state index in [2.05, 4.69) is 20.4 Å². The second kappa shape index (κ2) is 7.85. The molecule has 3 aliphatic rings. The minimum absolute atomic E-state index is 0. The molecule has 0 amide bonds. The minimum atomic E-state index is 0. The van der Waals surface area contributed by atoms with E-state index < -0.39 is 0 Å². The van der Waals surface area contributed by atoms with E-state index in [4.69, 9.17) is 12.2 Å². The van der Waals surface area contributed by atoms with E-state index in [-0.39, 0.29) is 16.5 Å². The van der Waals surface area contributed by atoms with E-state index in [1.54, 1.807) is 12.4 Å². The number of hydrogen-bond donors (Lipinski definition) is 1. The molecule has 0 atom stereocenters. The molecule has 0 aromatic carbocycles. The van der Waals surface area contributed by atoms with Crippen LogP contribution in [-0.2, 0) is 16.5 Å². The van der Waals surface area contributed by atoms with Gasteiger partial charge in [-0.1, -0.05) is 6.07 Å². The maximum absolute atomic E-state index is 5.46. The molecule has 0 radical (unpaired) electrons. The van der Waals surface area contributed by atoms with Crippen molar-refractivity contribution >= 4 is 23.5 Å². The first kappa shape index (κ1) is 16.4. The van der Waals surface area contributed by atoms with Crippen molar-refractivity contribution in [3.05, 3.63) is 30.1 Å². The van der Waals surface area contributed by atoms with Crippen molar-refractivity contribution < 1.29 is 16.5 Å². The van der Waals surface area contributed by atoms with E-state index >= 15 is 0 Å². The third-order valence-electron chi connectivity index (χ3n) is 4.26. The maximum atomic E-state index is 5.46. The summed E-state index contributed by atoms with van der Waals surface area (Å²) in [5.41, 5.74) is 3.82. The molecular weight excluding hydrogens is 327 g/mol. The van der Waals surface area contributed by atoms with Gasteiger partial charge in [-0.3, -0.25) is 10.4 Å². The zero-order chi connectivity index (χ0) is 13.8. The monoisotopic (exact) mass is 346 g/mol. The largest absolute Gasteiger partial charge is 2.00 e. The predicted molar refractivity (Wildman–Crippen MR) is 84.6 cm³/mol. The van der Waals surface area contributed by atoms with E-state index in [1.807, 2.05) is 18.2 Å². The van der Waals surface area contributed by atoms with Crippen molar-refractivity contribution in [2.45, 2.75) is 25.7 Å². The van der Waals surface area contributed by atoms with Crippen molar-refractivity contribution in [1.82, 2.24) is 15.3 Å². The Labute approximate surface area is 141 Å². The minimum Gasteiger partial charge on any atom is -0.347 e. The first-order valence-corrected chi connectivity index (χ1v) is 7.71. The Morgan fingerprint density at radius 1 is 1.24 bits per heavy atom. The molecule has 0 unspecified atom stereocenters. The Kier molecular flexibility index (Phi) is 6.12. The molecule has 21 heavy (non-hydrogen) atoms. The molecule has 3 heterocycles. The average molecular weight is 347 g/mol. The molecule has 2 bridgehead atoms. The number of aromatic nitrogens is 1. The Morgan fingerprint density at radius 3 is 2.48 bits per heavy atom. The molecule has 0 spiro atoms. The van der Waals surface area contributed by atoms with Gasteiger partial charge in [0.1, 0.15) is 0 Å². The number of thiocarbonyl (C=S) groups is 1. The summed E-state index contributed by atoms with van der Waals surface area (Å²) in [7, 11) is 0. The molecule has 4 nitrogen and oxygen atoms in total. The molecule has 1 N–H and O–H groups in total. The van der Waals surface area contributed by atoms with E-state index in [0.717, 1.165) is 35.7 Å². The van der Waals surface area contributed by atoms with Crippen LogP contribution in [0.2, 0.25) is 0 Å². The number of hydrogen-bond acceptors (Lipinski definition) is 3. The zero-order valence-corrected chi connectivity index (χ0v) is 13.7. The summed E-state index contributed by atoms with van der Waals surface area (Å²) in [5, 5.41) is 4.94. The maximum Gasteiger partial charge on any atom is 2.00 e. The third kappa shape index (κ3) is 4.48. The van der Waals surface area contributed by atoms with Gasteiger partial charge in [-0.05, 0) is 61.9 Å². The Balaban J connectivity index is 0.00000161. The summed E-state index contributed by atoms with van der Waals surface area (Å²) in [6.07, 6.45) is 8.91. The number of rotatable bonds is 2. The van der Waals surface area contributed by atoms with Crippen LogP contribution < -0.4 is 5.43 Å². The van der Waals surface area contributed by atoms with E-state index in [1.165, 1.54) is 25.7 Å². The molecule has 6 heteroatoms. The van der Waals surface area contributed by atoms with Crippen LogP contribution in [-0.4, -0.2) is 34.3 Å². The van der Waals surface area contributed by atoms with Gasteiger partial charge >= 0.3 is 16.5 Å². The quantitative estimate of drug-likeness (QED) is 0.386. The van der Waals surface area contributed by atoms with Crippen LogP contribution in [0.3, 0.4) is 0 Å². The van der Waals surface area contributed by atoms with Gasteiger partial charge in [-0.25, -0.2) is 0 Å². The van der Waals surface area contributed by atoms with Crippen LogP contribution in [0.15, 0.2) is 29.5 Å². The fraction of sp³-hybridized carbons (Fsp3) is 0.533. The second-order valence-corrected chi connectivity index (χ2v) is 6.11. The smallest absolute Gasteiger partial charge is 0.347 e. The number of nitrogens with zero attached hydrogens (tertiary/aromatic N) is 3. The van der Waals surface area contributed by atoms with Crippen molar-refractivity contribution in [3.63, 3.8) is 0 Å². The summed E-state index contributed by atoms with van der Waals surface area (Å²) in [6, 6.07) is 5.75. The predicted octanol–water partition coefficient (Wildman–Crippen LogP) is 2.41. The molecule has 2 saturated heterocycles. The molecule has 4 rings (SSSR count). The summed E-state index contributed by atoms with van der Waals surface area (Å²) in [6.45, 7) is 2.17. The van der Waals surface area contributed by atoms with Gasteiger partial charge in [-0.2, -0.15) is 5.10 Å². The van der Waals surface area contributed by atoms with Gasteiger partial charge in [0.05, 0.1) is 11.9 Å².